The maximum Gasteiger partial charge on any atom is 0.322 e. The maximum atomic E-state index is 12.1. The number of unbranched alkanes of at least 4 members (excludes halogenated alkanes) is 1. The third-order valence-corrected chi connectivity index (χ3v) is 3.37. The van der Waals surface area contributed by atoms with Gasteiger partial charge in [0, 0.05) is 5.75 Å². The molecular weight excluding hydrogens is 338 g/mol. The SMILES string of the molecule is NCCCCC(NC(=O)C(N)CS)C(=O)NCC(=O)NCC(=O)O. The minimum absolute atomic E-state index is 0.126. The van der Waals surface area contributed by atoms with Gasteiger partial charge in [0.15, 0.2) is 0 Å². The van der Waals surface area contributed by atoms with E-state index in [1.165, 1.54) is 0 Å². The van der Waals surface area contributed by atoms with Crippen LogP contribution in [0, 0.1) is 0 Å². The highest BCUT2D eigenvalue weighted by atomic mass is 32.1. The number of nitrogens with one attached hydrogen (secondary N) is 3. The lowest BCUT2D eigenvalue weighted by Gasteiger charge is -2.20. The van der Waals surface area contributed by atoms with Crippen molar-refractivity contribution >= 4 is 36.3 Å². The topological polar surface area (TPSA) is 177 Å². The molecule has 0 rings (SSSR count). The zero-order valence-electron chi connectivity index (χ0n) is 13.3. The van der Waals surface area contributed by atoms with Crippen molar-refractivity contribution in [2.45, 2.75) is 31.3 Å². The van der Waals surface area contributed by atoms with Gasteiger partial charge in [-0.15, -0.1) is 0 Å². The van der Waals surface area contributed by atoms with Gasteiger partial charge in [0.1, 0.15) is 12.6 Å². The van der Waals surface area contributed by atoms with Crippen molar-refractivity contribution in [2.24, 2.45) is 11.5 Å². The highest BCUT2D eigenvalue weighted by Crippen LogP contribution is 2.01. The summed E-state index contributed by atoms with van der Waals surface area (Å²) in [5.74, 6) is -2.79. The first-order chi connectivity index (χ1) is 11.3. The van der Waals surface area contributed by atoms with E-state index in [1.807, 2.05) is 0 Å². The van der Waals surface area contributed by atoms with E-state index < -0.39 is 48.9 Å². The van der Waals surface area contributed by atoms with Crippen LogP contribution in [-0.2, 0) is 19.2 Å². The smallest absolute Gasteiger partial charge is 0.322 e. The van der Waals surface area contributed by atoms with Crippen molar-refractivity contribution < 1.29 is 24.3 Å². The fourth-order valence-electron chi connectivity index (χ4n) is 1.65. The van der Waals surface area contributed by atoms with Gasteiger partial charge in [-0.1, -0.05) is 0 Å². The van der Waals surface area contributed by atoms with E-state index in [0.717, 1.165) is 0 Å². The highest BCUT2D eigenvalue weighted by Gasteiger charge is 2.23. The Morgan fingerprint density at radius 1 is 1.04 bits per heavy atom. The number of hydrogen-bond donors (Lipinski definition) is 7. The van der Waals surface area contributed by atoms with Crippen LogP contribution in [0.3, 0.4) is 0 Å². The average Bonchev–Trinajstić information content (AvgIpc) is 2.55. The molecule has 0 aliphatic rings. The number of carboxylic acids is 1. The minimum Gasteiger partial charge on any atom is -0.480 e. The summed E-state index contributed by atoms with van der Waals surface area (Å²) in [6, 6.07) is -1.71. The van der Waals surface area contributed by atoms with Gasteiger partial charge in [-0.3, -0.25) is 19.2 Å². The maximum absolute atomic E-state index is 12.1. The first kappa shape index (κ1) is 22.1. The Kier molecular flexibility index (Phi) is 11.6. The van der Waals surface area contributed by atoms with E-state index in [-0.39, 0.29) is 5.75 Å². The number of carbonyl (C=O) groups excluding carboxylic acids is 3. The van der Waals surface area contributed by atoms with E-state index >= 15 is 0 Å². The molecule has 0 aliphatic heterocycles. The Labute approximate surface area is 145 Å². The van der Waals surface area contributed by atoms with Crippen molar-refractivity contribution in [3.8, 4) is 0 Å². The molecule has 0 aliphatic carbocycles. The highest BCUT2D eigenvalue weighted by molar-refractivity contribution is 7.80. The van der Waals surface area contributed by atoms with Gasteiger partial charge in [-0.25, -0.2) is 0 Å². The van der Waals surface area contributed by atoms with Crippen LogP contribution in [0.25, 0.3) is 0 Å². The Morgan fingerprint density at radius 2 is 1.71 bits per heavy atom. The molecule has 2 atom stereocenters. The molecule has 0 heterocycles. The van der Waals surface area contributed by atoms with Gasteiger partial charge in [-0.2, -0.15) is 12.6 Å². The summed E-state index contributed by atoms with van der Waals surface area (Å²) < 4.78 is 0. The fraction of sp³-hybridized carbons (Fsp3) is 0.692. The summed E-state index contributed by atoms with van der Waals surface area (Å²) >= 11 is 3.92. The third-order valence-electron chi connectivity index (χ3n) is 2.97. The molecule has 3 amide bonds. The van der Waals surface area contributed by atoms with Gasteiger partial charge in [0.25, 0.3) is 0 Å². The second-order valence-corrected chi connectivity index (χ2v) is 5.39. The van der Waals surface area contributed by atoms with E-state index in [1.54, 1.807) is 0 Å². The lowest BCUT2D eigenvalue weighted by molar-refractivity contribution is -0.138. The number of amides is 3. The Bertz CT molecular complexity index is 448. The van der Waals surface area contributed by atoms with Crippen LogP contribution in [0.5, 0.6) is 0 Å². The van der Waals surface area contributed by atoms with E-state index in [0.29, 0.717) is 25.8 Å². The molecule has 24 heavy (non-hydrogen) atoms. The van der Waals surface area contributed by atoms with Crippen LogP contribution >= 0.6 is 12.6 Å². The second-order valence-electron chi connectivity index (χ2n) is 5.02. The van der Waals surface area contributed by atoms with Crippen molar-refractivity contribution in [1.29, 1.82) is 0 Å². The number of aliphatic carboxylic acids is 1. The second kappa shape index (κ2) is 12.6. The monoisotopic (exact) mass is 363 g/mol. The molecule has 0 saturated heterocycles. The molecule has 8 N–H and O–H groups in total. The molecule has 138 valence electrons. The van der Waals surface area contributed by atoms with Gasteiger partial charge >= 0.3 is 5.97 Å². The van der Waals surface area contributed by atoms with Gasteiger partial charge in [-0.05, 0) is 25.8 Å². The molecule has 2 unspecified atom stereocenters. The Balaban J connectivity index is 4.52. The first-order valence-corrected chi connectivity index (χ1v) is 8.08. The van der Waals surface area contributed by atoms with Gasteiger partial charge < -0.3 is 32.5 Å². The molecule has 0 saturated carbocycles. The molecule has 0 aromatic rings. The number of nitrogens with two attached hydrogens (primary N) is 2. The van der Waals surface area contributed by atoms with Crippen LogP contribution in [0.15, 0.2) is 0 Å². The predicted octanol–water partition coefficient (Wildman–Crippen LogP) is -2.83. The fourth-order valence-corrected chi connectivity index (χ4v) is 1.82. The predicted molar refractivity (Wildman–Crippen MR) is 90.3 cm³/mol. The third kappa shape index (κ3) is 10.0. The van der Waals surface area contributed by atoms with Crippen molar-refractivity contribution in [3.05, 3.63) is 0 Å². The van der Waals surface area contributed by atoms with Crippen LogP contribution in [-0.4, -0.2) is 66.3 Å². The number of rotatable bonds is 12. The number of thiol groups is 1. The van der Waals surface area contributed by atoms with Gasteiger partial charge in [0.05, 0.1) is 12.6 Å². The van der Waals surface area contributed by atoms with Gasteiger partial charge in [0.2, 0.25) is 17.7 Å². The molecule has 0 spiro atoms. The number of carbonyl (C=O) groups is 4. The molecule has 0 radical (unpaired) electrons. The standard InChI is InChI=1S/C13H25N5O5S/c14-4-2-1-3-9(18-12(22)8(15)7-24)13(23)17-5-10(19)16-6-11(20)21/h8-9,24H,1-7,14-15H2,(H,16,19)(H,17,23)(H,18,22)(H,20,21). The van der Waals surface area contributed by atoms with E-state index in [4.69, 9.17) is 16.6 Å². The molecule has 0 aromatic heterocycles. The Hall–Kier alpha value is -1.85. The van der Waals surface area contributed by atoms with Crippen molar-refractivity contribution in [3.63, 3.8) is 0 Å². The van der Waals surface area contributed by atoms with Crippen LogP contribution in [0.1, 0.15) is 19.3 Å². The average molecular weight is 363 g/mol. The molecule has 0 bridgehead atoms. The van der Waals surface area contributed by atoms with Crippen LogP contribution in [0.2, 0.25) is 0 Å². The largest absolute Gasteiger partial charge is 0.480 e. The summed E-state index contributed by atoms with van der Waals surface area (Å²) in [6.07, 6.45) is 1.62. The number of carboxylic acid groups (broad SMARTS) is 1. The molecular formula is C13H25N5O5S. The van der Waals surface area contributed by atoms with Crippen LogP contribution < -0.4 is 27.4 Å². The molecule has 11 heteroatoms. The lowest BCUT2D eigenvalue weighted by Crippen LogP contribution is -2.53. The van der Waals surface area contributed by atoms with Crippen molar-refractivity contribution in [2.75, 3.05) is 25.4 Å². The molecule has 0 aromatic carbocycles. The minimum atomic E-state index is -1.19. The summed E-state index contributed by atoms with van der Waals surface area (Å²) in [5.41, 5.74) is 10.9. The molecule has 0 fully saturated rings. The summed E-state index contributed by atoms with van der Waals surface area (Å²) in [4.78, 5) is 45.6. The Morgan fingerprint density at radius 3 is 2.25 bits per heavy atom. The first-order valence-electron chi connectivity index (χ1n) is 7.44. The zero-order chi connectivity index (χ0) is 18.5. The molecule has 10 nitrogen and oxygen atoms in total. The van der Waals surface area contributed by atoms with E-state index in [2.05, 4.69) is 28.6 Å². The van der Waals surface area contributed by atoms with Crippen molar-refractivity contribution in [1.82, 2.24) is 16.0 Å². The summed E-state index contributed by atoms with van der Waals surface area (Å²) in [7, 11) is 0. The quantitative estimate of drug-likeness (QED) is 0.144. The number of hydrogen-bond acceptors (Lipinski definition) is 7. The normalized spacial score (nSPS) is 12.8. The zero-order valence-corrected chi connectivity index (χ0v) is 14.2. The van der Waals surface area contributed by atoms with E-state index in [9.17, 15) is 19.2 Å². The lowest BCUT2D eigenvalue weighted by atomic mass is 10.1. The summed E-state index contributed by atoms with van der Waals surface area (Å²) in [6.45, 7) is -0.480. The summed E-state index contributed by atoms with van der Waals surface area (Å²) in [5, 5.41) is 15.4. The van der Waals surface area contributed by atoms with Crippen LogP contribution in [0.4, 0.5) is 0 Å².